The summed E-state index contributed by atoms with van der Waals surface area (Å²) < 4.78 is 40.2. The van der Waals surface area contributed by atoms with E-state index in [1.807, 2.05) is 4.90 Å². The Kier molecular flexibility index (Phi) is 4.33. The van der Waals surface area contributed by atoms with Gasteiger partial charge in [0.25, 0.3) is 0 Å². The van der Waals surface area contributed by atoms with E-state index >= 15 is 0 Å². The van der Waals surface area contributed by atoms with Crippen molar-refractivity contribution in [2.75, 3.05) is 18.0 Å². The molecule has 3 N–H and O–H groups in total. The Bertz CT molecular complexity index is 918. The van der Waals surface area contributed by atoms with Gasteiger partial charge in [-0.05, 0) is 48.4 Å². The van der Waals surface area contributed by atoms with Crippen molar-refractivity contribution in [3.63, 3.8) is 0 Å². The van der Waals surface area contributed by atoms with Crippen LogP contribution < -0.4 is 10.6 Å². The van der Waals surface area contributed by atoms with Crippen LogP contribution >= 0.6 is 0 Å². The number of carbonyl (C=O) groups is 1. The molecule has 5 nitrogen and oxygen atoms in total. The summed E-state index contributed by atoms with van der Waals surface area (Å²) in [5, 5.41) is 9.39. The maximum absolute atomic E-state index is 13.4. The summed E-state index contributed by atoms with van der Waals surface area (Å²) in [5.41, 5.74) is 5.74. The van der Waals surface area contributed by atoms with Crippen LogP contribution in [0.2, 0.25) is 0 Å². The zero-order valence-corrected chi connectivity index (χ0v) is 15.0. The molecule has 4 rings (SSSR count). The number of fused-ring (bicyclic) bond motifs is 1. The first-order valence-corrected chi connectivity index (χ1v) is 9.07. The number of anilines is 1. The molecule has 0 amide bonds. The second kappa shape index (κ2) is 6.48. The average Bonchev–Trinajstić information content (AvgIpc) is 3.12. The third-order valence-electron chi connectivity index (χ3n) is 5.96. The summed E-state index contributed by atoms with van der Waals surface area (Å²) in [7, 11) is 0. The van der Waals surface area contributed by atoms with Crippen LogP contribution in [0.15, 0.2) is 42.6 Å². The van der Waals surface area contributed by atoms with Gasteiger partial charge in [-0.15, -0.1) is 0 Å². The molecular formula is C20H20F3N3O2. The van der Waals surface area contributed by atoms with E-state index in [9.17, 15) is 23.1 Å². The third kappa shape index (κ3) is 3.11. The van der Waals surface area contributed by atoms with Gasteiger partial charge in [0.15, 0.2) is 0 Å². The molecule has 8 heteroatoms. The van der Waals surface area contributed by atoms with Crippen molar-refractivity contribution in [2.45, 2.75) is 30.5 Å². The number of rotatable bonds is 3. The summed E-state index contributed by atoms with van der Waals surface area (Å²) in [6.45, 7) is 0.859. The largest absolute Gasteiger partial charge is 0.478 e. The minimum absolute atomic E-state index is 0.0255. The number of aromatic nitrogens is 1. The third-order valence-corrected chi connectivity index (χ3v) is 5.96. The fraction of sp³-hybridized carbons (Fsp3) is 0.400. The van der Waals surface area contributed by atoms with Gasteiger partial charge in [-0.2, -0.15) is 13.2 Å². The number of halogens is 3. The fourth-order valence-corrected chi connectivity index (χ4v) is 4.75. The molecule has 2 heterocycles. The smallest absolute Gasteiger partial charge is 0.416 e. The van der Waals surface area contributed by atoms with Crippen LogP contribution in [-0.2, 0) is 6.18 Å². The van der Waals surface area contributed by atoms with Crippen molar-refractivity contribution >= 4 is 11.8 Å². The number of carboxylic acids is 1. The molecule has 2 fully saturated rings. The summed E-state index contributed by atoms with van der Waals surface area (Å²) in [6, 6.07) is 8.73. The van der Waals surface area contributed by atoms with Crippen LogP contribution in [0.1, 0.15) is 40.2 Å². The van der Waals surface area contributed by atoms with Crippen molar-refractivity contribution < 1.29 is 23.1 Å². The first-order chi connectivity index (χ1) is 13.2. The van der Waals surface area contributed by atoms with Crippen molar-refractivity contribution in [3.05, 3.63) is 59.3 Å². The molecule has 28 heavy (non-hydrogen) atoms. The minimum atomic E-state index is -4.40. The Balaban J connectivity index is 1.58. The van der Waals surface area contributed by atoms with Gasteiger partial charge in [0.2, 0.25) is 0 Å². The SMILES string of the molecule is NC12CC(c3ccccc3C(F)(F)F)CC1CN(c1ncccc1C(=O)O)C2. The van der Waals surface area contributed by atoms with Gasteiger partial charge in [-0.1, -0.05) is 18.2 Å². The van der Waals surface area contributed by atoms with E-state index in [2.05, 4.69) is 4.98 Å². The quantitative estimate of drug-likeness (QED) is 0.837. The van der Waals surface area contributed by atoms with E-state index in [0.29, 0.717) is 37.3 Å². The standard InChI is InChI=1S/C20H20F3N3O2/c21-20(22,23)16-6-2-1-4-14(16)12-8-13-10-26(11-19(13,24)9-12)17-15(18(27)28)5-3-7-25-17/h1-7,12-13H,8-11,24H2,(H,27,28). The fourth-order valence-electron chi connectivity index (χ4n) is 4.75. The number of hydrogen-bond acceptors (Lipinski definition) is 4. The molecule has 1 saturated carbocycles. The van der Waals surface area contributed by atoms with Crippen LogP contribution in [0.4, 0.5) is 19.0 Å². The van der Waals surface area contributed by atoms with Gasteiger partial charge in [-0.25, -0.2) is 9.78 Å². The zero-order chi connectivity index (χ0) is 20.1. The number of nitrogens with zero attached hydrogens (tertiary/aromatic N) is 2. The number of nitrogens with two attached hydrogens (primary N) is 1. The number of carboxylic acid groups (broad SMARTS) is 1. The summed E-state index contributed by atoms with van der Waals surface area (Å²) >= 11 is 0. The Hall–Kier alpha value is -2.61. The maximum Gasteiger partial charge on any atom is 0.416 e. The molecule has 3 unspecified atom stereocenters. The molecule has 2 aliphatic rings. The normalized spacial score (nSPS) is 27.1. The highest BCUT2D eigenvalue weighted by atomic mass is 19.4. The molecular weight excluding hydrogens is 371 g/mol. The van der Waals surface area contributed by atoms with E-state index in [1.165, 1.54) is 24.4 Å². The molecule has 1 aliphatic carbocycles. The van der Waals surface area contributed by atoms with Gasteiger partial charge in [0.1, 0.15) is 11.4 Å². The van der Waals surface area contributed by atoms with Gasteiger partial charge in [-0.3, -0.25) is 0 Å². The second-order valence-electron chi connectivity index (χ2n) is 7.71. The van der Waals surface area contributed by atoms with Gasteiger partial charge < -0.3 is 15.7 Å². The molecule has 1 saturated heterocycles. The van der Waals surface area contributed by atoms with Crippen LogP contribution in [0.25, 0.3) is 0 Å². The number of pyridine rings is 1. The van der Waals surface area contributed by atoms with Crippen LogP contribution in [0, 0.1) is 5.92 Å². The lowest BCUT2D eigenvalue weighted by Crippen LogP contribution is -2.44. The molecule has 3 atom stereocenters. The predicted molar refractivity (Wildman–Crippen MR) is 97.2 cm³/mol. The average molecular weight is 391 g/mol. The van der Waals surface area contributed by atoms with Crippen LogP contribution in [-0.4, -0.2) is 34.7 Å². The molecule has 1 aromatic heterocycles. The second-order valence-corrected chi connectivity index (χ2v) is 7.71. The first kappa shape index (κ1) is 18.7. The van der Waals surface area contributed by atoms with E-state index in [4.69, 9.17) is 5.73 Å². The van der Waals surface area contributed by atoms with Crippen molar-refractivity contribution in [2.24, 2.45) is 11.7 Å². The Morgan fingerprint density at radius 1 is 1.25 bits per heavy atom. The molecule has 1 aliphatic heterocycles. The lowest BCUT2D eigenvalue weighted by Gasteiger charge is -2.26. The monoisotopic (exact) mass is 391 g/mol. The van der Waals surface area contributed by atoms with E-state index < -0.39 is 23.2 Å². The topological polar surface area (TPSA) is 79.5 Å². The molecule has 0 spiro atoms. The van der Waals surface area contributed by atoms with E-state index in [1.54, 1.807) is 12.1 Å². The van der Waals surface area contributed by atoms with Crippen molar-refractivity contribution in [1.29, 1.82) is 0 Å². The Morgan fingerprint density at radius 3 is 2.68 bits per heavy atom. The van der Waals surface area contributed by atoms with Crippen LogP contribution in [0.5, 0.6) is 0 Å². The van der Waals surface area contributed by atoms with E-state index in [0.717, 1.165) is 6.07 Å². The van der Waals surface area contributed by atoms with Crippen molar-refractivity contribution in [3.8, 4) is 0 Å². The molecule has 148 valence electrons. The van der Waals surface area contributed by atoms with Gasteiger partial charge in [0, 0.05) is 24.8 Å². The molecule has 0 radical (unpaired) electrons. The number of benzene rings is 1. The minimum Gasteiger partial charge on any atom is -0.478 e. The highest BCUT2D eigenvalue weighted by Gasteiger charge is 2.52. The molecule has 0 bridgehead atoms. The number of hydrogen-bond donors (Lipinski definition) is 2. The predicted octanol–water partition coefficient (Wildman–Crippen LogP) is 3.51. The first-order valence-electron chi connectivity index (χ1n) is 9.07. The van der Waals surface area contributed by atoms with E-state index in [-0.39, 0.29) is 17.4 Å². The lowest BCUT2D eigenvalue weighted by atomic mass is 9.89. The summed E-state index contributed by atoms with van der Waals surface area (Å²) in [4.78, 5) is 17.5. The molecule has 1 aromatic carbocycles. The van der Waals surface area contributed by atoms with Crippen molar-refractivity contribution in [1.82, 2.24) is 4.98 Å². The Morgan fingerprint density at radius 2 is 2.00 bits per heavy atom. The maximum atomic E-state index is 13.4. The highest BCUT2D eigenvalue weighted by Crippen LogP contribution is 2.50. The highest BCUT2D eigenvalue weighted by molar-refractivity contribution is 5.93. The van der Waals surface area contributed by atoms with Crippen LogP contribution in [0.3, 0.4) is 0 Å². The number of aromatic carboxylic acids is 1. The summed E-state index contributed by atoms with van der Waals surface area (Å²) in [6.07, 6.45) is -1.90. The lowest BCUT2D eigenvalue weighted by molar-refractivity contribution is -0.138. The summed E-state index contributed by atoms with van der Waals surface area (Å²) in [5.74, 6) is -0.996. The zero-order valence-electron chi connectivity index (χ0n) is 15.0. The van der Waals surface area contributed by atoms with Gasteiger partial charge >= 0.3 is 12.1 Å². The van der Waals surface area contributed by atoms with Gasteiger partial charge in [0.05, 0.1) is 5.56 Å². The Labute approximate surface area is 160 Å². The molecule has 2 aromatic rings. The number of alkyl halides is 3.